The van der Waals surface area contributed by atoms with Crippen molar-refractivity contribution in [2.45, 2.75) is 27.0 Å². The second-order valence-corrected chi connectivity index (χ2v) is 6.86. The Balaban J connectivity index is 1.75. The summed E-state index contributed by atoms with van der Waals surface area (Å²) in [6, 6.07) is 11.3. The first-order valence-electron chi connectivity index (χ1n) is 7.97. The van der Waals surface area contributed by atoms with Crippen LogP contribution in [0.1, 0.15) is 32.3 Å². The summed E-state index contributed by atoms with van der Waals surface area (Å²) in [7, 11) is 1.80. The van der Waals surface area contributed by atoms with Crippen LogP contribution in [0, 0.1) is 13.8 Å². The molecule has 5 nitrogen and oxygen atoms in total. The number of rotatable bonds is 6. The Morgan fingerprint density at radius 1 is 1.24 bits per heavy atom. The van der Waals surface area contributed by atoms with Crippen LogP contribution in [0.2, 0.25) is 0 Å². The van der Waals surface area contributed by atoms with Crippen molar-refractivity contribution in [3.8, 4) is 5.75 Å². The fourth-order valence-corrected chi connectivity index (χ4v) is 3.30. The van der Waals surface area contributed by atoms with Crippen LogP contribution < -0.4 is 4.74 Å². The second-order valence-electron chi connectivity index (χ2n) is 5.83. The molecule has 0 spiro atoms. The van der Waals surface area contributed by atoms with Crippen molar-refractivity contribution in [3.63, 3.8) is 0 Å². The summed E-state index contributed by atoms with van der Waals surface area (Å²) in [5.74, 6) is 1.23. The minimum Gasteiger partial charge on any atom is -0.488 e. The van der Waals surface area contributed by atoms with E-state index in [0.717, 1.165) is 21.9 Å². The Kier molecular flexibility index (Phi) is 5.19. The first kappa shape index (κ1) is 17.2. The maximum Gasteiger partial charge on any atom is 0.257 e. The zero-order valence-electron chi connectivity index (χ0n) is 14.5. The maximum absolute atomic E-state index is 12.8. The molecule has 0 unspecified atom stereocenters. The predicted molar refractivity (Wildman–Crippen MR) is 96.9 cm³/mol. The predicted octanol–water partition coefficient (Wildman–Crippen LogP) is 4.20. The van der Waals surface area contributed by atoms with Crippen LogP contribution >= 0.6 is 11.3 Å². The summed E-state index contributed by atoms with van der Waals surface area (Å²) in [5.41, 5.74) is 2.26. The quantitative estimate of drug-likeness (QED) is 0.664. The molecule has 0 fully saturated rings. The van der Waals surface area contributed by atoms with Gasteiger partial charge in [0.2, 0.25) is 0 Å². The van der Waals surface area contributed by atoms with Crippen LogP contribution in [0.3, 0.4) is 0 Å². The monoisotopic (exact) mass is 356 g/mol. The topological polar surface area (TPSA) is 55.6 Å². The number of para-hydroxylation sites is 1. The van der Waals surface area contributed by atoms with Gasteiger partial charge in [-0.3, -0.25) is 4.79 Å². The molecule has 0 aliphatic rings. The molecule has 0 saturated heterocycles. The minimum absolute atomic E-state index is 0.0669. The number of nitrogens with zero attached hydrogens (tertiary/aromatic N) is 2. The van der Waals surface area contributed by atoms with Crippen molar-refractivity contribution in [3.05, 3.63) is 69.2 Å². The molecule has 0 atom stereocenters. The van der Waals surface area contributed by atoms with Gasteiger partial charge in [-0.1, -0.05) is 23.4 Å². The molecule has 130 valence electrons. The van der Waals surface area contributed by atoms with Gasteiger partial charge in [0.15, 0.2) is 0 Å². The number of benzene rings is 1. The lowest BCUT2D eigenvalue weighted by Gasteiger charge is -2.18. The highest BCUT2D eigenvalue weighted by Gasteiger charge is 2.18. The summed E-state index contributed by atoms with van der Waals surface area (Å²) in [6.07, 6.45) is 0. The number of hydrogen-bond donors (Lipinski definition) is 0. The van der Waals surface area contributed by atoms with Crippen LogP contribution in [0.15, 0.2) is 46.3 Å². The minimum atomic E-state index is -0.0669. The number of thiophene rings is 1. The van der Waals surface area contributed by atoms with Crippen LogP contribution in [-0.2, 0) is 13.2 Å². The lowest BCUT2D eigenvalue weighted by atomic mass is 10.1. The van der Waals surface area contributed by atoms with E-state index in [1.54, 1.807) is 29.4 Å². The van der Waals surface area contributed by atoms with Gasteiger partial charge in [-0.2, -0.15) is 0 Å². The summed E-state index contributed by atoms with van der Waals surface area (Å²) in [6.45, 7) is 4.63. The molecule has 6 heteroatoms. The van der Waals surface area contributed by atoms with Gasteiger partial charge < -0.3 is 14.2 Å². The van der Waals surface area contributed by atoms with Crippen LogP contribution in [0.5, 0.6) is 5.75 Å². The van der Waals surface area contributed by atoms with Crippen molar-refractivity contribution < 1.29 is 14.1 Å². The number of amides is 1. The fourth-order valence-electron chi connectivity index (χ4n) is 2.54. The number of ether oxygens (including phenoxy) is 1. The second kappa shape index (κ2) is 7.53. The smallest absolute Gasteiger partial charge is 0.257 e. The average Bonchev–Trinajstić information content (AvgIpc) is 3.23. The number of carbonyl (C=O) groups is 1. The Hall–Kier alpha value is -2.60. The van der Waals surface area contributed by atoms with E-state index >= 15 is 0 Å². The van der Waals surface area contributed by atoms with E-state index in [-0.39, 0.29) is 5.91 Å². The van der Waals surface area contributed by atoms with Gasteiger partial charge in [0.05, 0.1) is 23.4 Å². The molecule has 0 bridgehead atoms. The van der Waals surface area contributed by atoms with Crippen LogP contribution in [0.25, 0.3) is 0 Å². The summed E-state index contributed by atoms with van der Waals surface area (Å²) in [4.78, 5) is 15.6. The molecule has 0 aliphatic heterocycles. The molecule has 0 saturated carbocycles. The molecule has 3 rings (SSSR count). The number of aromatic nitrogens is 1. The molecule has 1 amide bonds. The van der Waals surface area contributed by atoms with Crippen molar-refractivity contribution in [1.82, 2.24) is 10.1 Å². The van der Waals surface area contributed by atoms with Gasteiger partial charge in [0.25, 0.3) is 5.91 Å². The standard InChI is InChI=1S/C19H20N2O3S/c1-13-17(14(2)24-20-13)12-23-18-9-5-4-8-16(18)19(22)21(3)11-15-7-6-10-25-15/h4-10H,11-12H2,1-3H3. The molecular formula is C19H20N2O3S. The molecular weight excluding hydrogens is 336 g/mol. The average molecular weight is 356 g/mol. The molecule has 25 heavy (non-hydrogen) atoms. The third-order valence-electron chi connectivity index (χ3n) is 3.99. The van der Waals surface area contributed by atoms with E-state index in [1.165, 1.54) is 0 Å². The van der Waals surface area contributed by atoms with Gasteiger partial charge in [0, 0.05) is 11.9 Å². The van der Waals surface area contributed by atoms with Crippen molar-refractivity contribution in [2.75, 3.05) is 7.05 Å². The van der Waals surface area contributed by atoms with E-state index in [0.29, 0.717) is 24.5 Å². The molecule has 2 aromatic heterocycles. The molecule has 1 aromatic carbocycles. The Labute approximate surface area is 150 Å². The van der Waals surface area contributed by atoms with Crippen LogP contribution in [0.4, 0.5) is 0 Å². The molecule has 3 aromatic rings. The van der Waals surface area contributed by atoms with E-state index in [9.17, 15) is 4.79 Å². The summed E-state index contributed by atoms with van der Waals surface area (Å²) >= 11 is 1.64. The zero-order valence-corrected chi connectivity index (χ0v) is 15.3. The third-order valence-corrected chi connectivity index (χ3v) is 4.85. The fraction of sp³-hybridized carbons (Fsp3) is 0.263. The van der Waals surface area contributed by atoms with Gasteiger partial charge in [-0.15, -0.1) is 11.3 Å². The molecule has 0 N–H and O–H groups in total. The largest absolute Gasteiger partial charge is 0.488 e. The van der Waals surface area contributed by atoms with E-state index in [2.05, 4.69) is 5.16 Å². The highest BCUT2D eigenvalue weighted by atomic mass is 32.1. The Bertz CT molecular complexity index is 836. The molecule has 2 heterocycles. The third kappa shape index (κ3) is 3.91. The van der Waals surface area contributed by atoms with Crippen LogP contribution in [-0.4, -0.2) is 23.0 Å². The lowest BCUT2D eigenvalue weighted by molar-refractivity contribution is 0.0781. The number of hydrogen-bond acceptors (Lipinski definition) is 5. The summed E-state index contributed by atoms with van der Waals surface area (Å²) in [5, 5.41) is 5.94. The lowest BCUT2D eigenvalue weighted by Crippen LogP contribution is -2.26. The van der Waals surface area contributed by atoms with E-state index in [1.807, 2.05) is 49.6 Å². The van der Waals surface area contributed by atoms with Gasteiger partial charge >= 0.3 is 0 Å². The van der Waals surface area contributed by atoms with Gasteiger partial charge in [0.1, 0.15) is 18.1 Å². The van der Waals surface area contributed by atoms with Crippen molar-refractivity contribution in [1.29, 1.82) is 0 Å². The SMILES string of the molecule is Cc1noc(C)c1COc1ccccc1C(=O)N(C)Cc1cccs1. The van der Waals surface area contributed by atoms with Crippen molar-refractivity contribution in [2.24, 2.45) is 0 Å². The number of carbonyl (C=O) groups excluding carboxylic acids is 1. The Morgan fingerprint density at radius 3 is 2.72 bits per heavy atom. The first-order valence-corrected chi connectivity index (χ1v) is 8.85. The number of aryl methyl sites for hydroxylation is 2. The van der Waals surface area contributed by atoms with Gasteiger partial charge in [-0.25, -0.2) is 0 Å². The van der Waals surface area contributed by atoms with E-state index in [4.69, 9.17) is 9.26 Å². The normalized spacial score (nSPS) is 10.7. The first-order chi connectivity index (χ1) is 12.1. The molecule has 0 aliphatic carbocycles. The van der Waals surface area contributed by atoms with E-state index < -0.39 is 0 Å². The highest BCUT2D eigenvalue weighted by molar-refractivity contribution is 7.09. The Morgan fingerprint density at radius 2 is 2.04 bits per heavy atom. The maximum atomic E-state index is 12.8. The molecule has 0 radical (unpaired) electrons. The van der Waals surface area contributed by atoms with Gasteiger partial charge in [-0.05, 0) is 37.4 Å². The van der Waals surface area contributed by atoms with Crippen molar-refractivity contribution >= 4 is 17.2 Å². The zero-order chi connectivity index (χ0) is 17.8. The summed E-state index contributed by atoms with van der Waals surface area (Å²) < 4.78 is 11.1. The highest BCUT2D eigenvalue weighted by Crippen LogP contribution is 2.23.